The minimum Gasteiger partial charge on any atom is -0.473 e. The van der Waals surface area contributed by atoms with Gasteiger partial charge in [-0.15, -0.1) is 0 Å². The number of amides is 2. The van der Waals surface area contributed by atoms with Gasteiger partial charge in [0.15, 0.2) is 0 Å². The second-order valence-electron chi connectivity index (χ2n) is 6.13. The first-order valence-electron chi connectivity index (χ1n) is 8.79. The summed E-state index contributed by atoms with van der Waals surface area (Å²) in [6.07, 6.45) is 5.28. The van der Waals surface area contributed by atoms with Gasteiger partial charge in [-0.3, -0.25) is 4.68 Å². The third kappa shape index (κ3) is 5.85. The van der Waals surface area contributed by atoms with Crippen LogP contribution in [0.2, 0.25) is 0 Å². The number of carbonyl (C=O) groups excluding carboxylic acids is 1. The molecular formula is C20H23N5O2. The number of ether oxygens (including phenoxy) is 1. The van der Waals surface area contributed by atoms with Crippen molar-refractivity contribution in [2.24, 2.45) is 0 Å². The highest BCUT2D eigenvalue weighted by Crippen LogP contribution is 2.12. The van der Waals surface area contributed by atoms with Crippen LogP contribution in [0.3, 0.4) is 0 Å². The molecule has 0 atom stereocenters. The van der Waals surface area contributed by atoms with E-state index in [1.165, 1.54) is 0 Å². The Balaban J connectivity index is 1.45. The fraction of sp³-hybridized carbons (Fsp3) is 0.250. The van der Waals surface area contributed by atoms with Crippen LogP contribution in [0, 0.1) is 0 Å². The third-order valence-corrected chi connectivity index (χ3v) is 4.04. The molecule has 0 fully saturated rings. The topological polar surface area (TPSA) is 72.3 Å². The van der Waals surface area contributed by atoms with Gasteiger partial charge in [0.05, 0.1) is 6.54 Å². The van der Waals surface area contributed by atoms with E-state index in [9.17, 15) is 4.79 Å². The normalized spacial score (nSPS) is 10.4. The van der Waals surface area contributed by atoms with Crippen LogP contribution in [0.5, 0.6) is 5.88 Å². The number of urea groups is 1. The van der Waals surface area contributed by atoms with E-state index in [1.807, 2.05) is 54.7 Å². The largest absolute Gasteiger partial charge is 0.473 e. The molecule has 7 heteroatoms. The van der Waals surface area contributed by atoms with E-state index in [2.05, 4.69) is 15.4 Å². The van der Waals surface area contributed by atoms with Crippen molar-refractivity contribution >= 4 is 6.03 Å². The summed E-state index contributed by atoms with van der Waals surface area (Å²) in [5.74, 6) is 0.539. The number of likely N-dealkylation sites (N-methyl/N-ethyl adjacent to an activating group) is 1. The van der Waals surface area contributed by atoms with Crippen LogP contribution in [0.25, 0.3) is 0 Å². The van der Waals surface area contributed by atoms with E-state index < -0.39 is 0 Å². The molecule has 0 saturated heterocycles. The van der Waals surface area contributed by atoms with Crippen molar-refractivity contribution in [3.05, 3.63) is 78.2 Å². The maximum atomic E-state index is 12.2. The van der Waals surface area contributed by atoms with Crippen LogP contribution in [-0.2, 0) is 19.7 Å². The molecule has 2 amide bonds. The zero-order valence-electron chi connectivity index (χ0n) is 15.3. The molecule has 0 aliphatic rings. The average Bonchev–Trinajstić information content (AvgIpc) is 3.23. The Bertz CT molecular complexity index is 837. The van der Waals surface area contributed by atoms with E-state index >= 15 is 0 Å². The first-order valence-corrected chi connectivity index (χ1v) is 8.79. The maximum absolute atomic E-state index is 12.2. The van der Waals surface area contributed by atoms with Crippen molar-refractivity contribution in [3.8, 4) is 5.88 Å². The lowest BCUT2D eigenvalue weighted by Gasteiger charge is -2.18. The Morgan fingerprint density at radius 1 is 1.15 bits per heavy atom. The molecule has 3 rings (SSSR count). The first kappa shape index (κ1) is 18.4. The molecule has 27 heavy (non-hydrogen) atoms. The molecule has 1 N–H and O–H groups in total. The van der Waals surface area contributed by atoms with Gasteiger partial charge in [-0.25, -0.2) is 9.78 Å². The van der Waals surface area contributed by atoms with Gasteiger partial charge in [0.2, 0.25) is 5.88 Å². The molecule has 0 unspecified atom stereocenters. The lowest BCUT2D eigenvalue weighted by atomic mass is 10.2. The molecular weight excluding hydrogens is 342 g/mol. The van der Waals surface area contributed by atoms with Crippen LogP contribution in [-0.4, -0.2) is 39.3 Å². The van der Waals surface area contributed by atoms with E-state index in [0.29, 0.717) is 32.1 Å². The van der Waals surface area contributed by atoms with Crippen LogP contribution in [0.4, 0.5) is 4.79 Å². The molecule has 2 heterocycles. The lowest BCUT2D eigenvalue weighted by Crippen LogP contribution is -2.38. The zero-order chi connectivity index (χ0) is 18.9. The SMILES string of the molecule is CN(CCn1cccn1)C(=O)NCc1ccnc(OCc2ccccc2)c1. The number of pyridine rings is 1. The Labute approximate surface area is 158 Å². The summed E-state index contributed by atoms with van der Waals surface area (Å²) in [5.41, 5.74) is 2.01. The summed E-state index contributed by atoms with van der Waals surface area (Å²) in [7, 11) is 1.76. The Kier molecular flexibility index (Phi) is 6.40. The van der Waals surface area contributed by atoms with Crippen LogP contribution in [0.1, 0.15) is 11.1 Å². The van der Waals surface area contributed by atoms with Gasteiger partial charge >= 0.3 is 6.03 Å². The van der Waals surface area contributed by atoms with Crippen molar-refractivity contribution in [1.82, 2.24) is 25.0 Å². The molecule has 0 spiro atoms. The second-order valence-corrected chi connectivity index (χ2v) is 6.13. The monoisotopic (exact) mass is 365 g/mol. The molecule has 0 radical (unpaired) electrons. The highest BCUT2D eigenvalue weighted by atomic mass is 16.5. The number of nitrogens with zero attached hydrogens (tertiary/aromatic N) is 4. The highest BCUT2D eigenvalue weighted by Gasteiger charge is 2.08. The van der Waals surface area contributed by atoms with Gasteiger partial charge in [-0.2, -0.15) is 5.10 Å². The summed E-state index contributed by atoms with van der Waals surface area (Å²) in [6, 6.07) is 15.4. The Morgan fingerprint density at radius 2 is 2.00 bits per heavy atom. The van der Waals surface area contributed by atoms with Crippen LogP contribution in [0.15, 0.2) is 67.1 Å². The number of carbonyl (C=O) groups is 1. The molecule has 1 aromatic carbocycles. The average molecular weight is 365 g/mol. The van der Waals surface area contributed by atoms with Gasteiger partial charge in [0, 0.05) is 44.8 Å². The van der Waals surface area contributed by atoms with Crippen molar-refractivity contribution in [3.63, 3.8) is 0 Å². The lowest BCUT2D eigenvalue weighted by molar-refractivity contribution is 0.206. The van der Waals surface area contributed by atoms with Gasteiger partial charge in [0.25, 0.3) is 0 Å². The van der Waals surface area contributed by atoms with Gasteiger partial charge in [-0.1, -0.05) is 30.3 Å². The quantitative estimate of drug-likeness (QED) is 0.666. The highest BCUT2D eigenvalue weighted by molar-refractivity contribution is 5.73. The third-order valence-electron chi connectivity index (χ3n) is 4.04. The molecule has 140 valence electrons. The number of hydrogen-bond donors (Lipinski definition) is 1. The summed E-state index contributed by atoms with van der Waals surface area (Å²) >= 11 is 0. The molecule has 0 saturated carbocycles. The predicted molar refractivity (Wildman–Crippen MR) is 102 cm³/mol. The van der Waals surface area contributed by atoms with Crippen LogP contribution < -0.4 is 10.1 Å². The summed E-state index contributed by atoms with van der Waals surface area (Å²) in [5, 5.41) is 7.03. The van der Waals surface area contributed by atoms with Gasteiger partial charge in [-0.05, 0) is 23.3 Å². The Morgan fingerprint density at radius 3 is 2.78 bits per heavy atom. The fourth-order valence-electron chi connectivity index (χ4n) is 2.47. The second kappa shape index (κ2) is 9.38. The van der Waals surface area contributed by atoms with Crippen molar-refractivity contribution in [2.45, 2.75) is 19.7 Å². The minimum atomic E-state index is -0.134. The minimum absolute atomic E-state index is 0.134. The van der Waals surface area contributed by atoms with Crippen molar-refractivity contribution in [2.75, 3.05) is 13.6 Å². The van der Waals surface area contributed by atoms with E-state index in [1.54, 1.807) is 29.0 Å². The van der Waals surface area contributed by atoms with E-state index in [4.69, 9.17) is 4.74 Å². The van der Waals surface area contributed by atoms with Crippen molar-refractivity contribution < 1.29 is 9.53 Å². The van der Waals surface area contributed by atoms with E-state index in [-0.39, 0.29) is 6.03 Å². The standard InChI is InChI=1S/C20H23N5O2/c1-24(12-13-25-11-5-9-23-25)20(26)22-15-18-8-10-21-19(14-18)27-16-17-6-3-2-4-7-17/h2-11,14H,12-13,15-16H2,1H3,(H,22,26). The summed E-state index contributed by atoms with van der Waals surface area (Å²) < 4.78 is 7.52. The molecule has 7 nitrogen and oxygen atoms in total. The zero-order valence-corrected chi connectivity index (χ0v) is 15.3. The van der Waals surface area contributed by atoms with Crippen molar-refractivity contribution in [1.29, 1.82) is 0 Å². The molecule has 2 aromatic heterocycles. The Hall–Kier alpha value is -3.35. The fourth-order valence-corrected chi connectivity index (χ4v) is 2.47. The predicted octanol–water partition coefficient (Wildman–Crippen LogP) is 2.70. The molecule has 0 aliphatic heterocycles. The van der Waals surface area contributed by atoms with Crippen LogP contribution >= 0.6 is 0 Å². The summed E-state index contributed by atoms with van der Waals surface area (Å²) in [4.78, 5) is 18.1. The summed E-state index contributed by atoms with van der Waals surface area (Å²) in [6.45, 7) is 2.11. The van der Waals surface area contributed by atoms with Gasteiger partial charge in [0.1, 0.15) is 6.61 Å². The smallest absolute Gasteiger partial charge is 0.317 e. The maximum Gasteiger partial charge on any atom is 0.317 e. The number of aromatic nitrogens is 3. The first-order chi connectivity index (χ1) is 13.2. The number of nitrogens with one attached hydrogen (secondary N) is 1. The molecule has 0 aliphatic carbocycles. The molecule has 3 aromatic rings. The molecule has 0 bridgehead atoms. The van der Waals surface area contributed by atoms with Gasteiger partial charge < -0.3 is 15.0 Å². The number of hydrogen-bond acceptors (Lipinski definition) is 4. The number of rotatable bonds is 8. The number of benzene rings is 1. The van der Waals surface area contributed by atoms with E-state index in [0.717, 1.165) is 11.1 Å².